The van der Waals surface area contributed by atoms with Gasteiger partial charge in [0.1, 0.15) is 5.76 Å². The molecule has 0 saturated carbocycles. The van der Waals surface area contributed by atoms with Gasteiger partial charge in [-0.1, -0.05) is 0 Å². The summed E-state index contributed by atoms with van der Waals surface area (Å²) < 4.78 is 5.09. The van der Waals surface area contributed by atoms with E-state index in [-0.39, 0.29) is 30.3 Å². The Hall–Kier alpha value is -2.61. The summed E-state index contributed by atoms with van der Waals surface area (Å²) >= 11 is 1.49. The molecule has 2 aromatic rings. The van der Waals surface area contributed by atoms with E-state index in [4.69, 9.17) is 4.42 Å². The van der Waals surface area contributed by atoms with Gasteiger partial charge in [0, 0.05) is 30.1 Å². The normalized spacial score (nSPS) is 14.9. The minimum atomic E-state index is -0.317. The van der Waals surface area contributed by atoms with E-state index in [9.17, 15) is 14.4 Å². The number of likely N-dealkylation sites (tertiary alicyclic amines) is 1. The highest BCUT2D eigenvalue weighted by atomic mass is 32.1. The van der Waals surface area contributed by atoms with Gasteiger partial charge in [-0.25, -0.2) is 0 Å². The van der Waals surface area contributed by atoms with Crippen LogP contribution in [0.25, 0.3) is 0 Å². The molecule has 7 nitrogen and oxygen atoms in total. The fourth-order valence-corrected chi connectivity index (χ4v) is 3.56. The predicted molar refractivity (Wildman–Crippen MR) is 97.2 cm³/mol. The summed E-state index contributed by atoms with van der Waals surface area (Å²) in [5.74, 6) is 0.0144. The Labute approximate surface area is 155 Å². The zero-order valence-corrected chi connectivity index (χ0v) is 15.3. The molecular weight excluding hydrogens is 354 g/mol. The zero-order valence-electron chi connectivity index (χ0n) is 14.5. The van der Waals surface area contributed by atoms with Crippen LogP contribution in [0.15, 0.2) is 33.6 Å². The molecule has 1 saturated heterocycles. The number of aryl methyl sites for hydroxylation is 1. The standard InChI is InChI=1S/C18H21N3O4S/c1-12-15(4-8-25-12)18(24)19-10-16(22)21-6-2-14(3-7-21)20-17(23)13-5-9-26-11-13/h4-5,8-9,11,14H,2-3,6-7,10H2,1H3,(H,19,24)(H,20,23). The summed E-state index contributed by atoms with van der Waals surface area (Å²) in [5.41, 5.74) is 1.11. The second-order valence-electron chi connectivity index (χ2n) is 6.21. The van der Waals surface area contributed by atoms with Crippen LogP contribution in [0.3, 0.4) is 0 Å². The van der Waals surface area contributed by atoms with Crippen molar-refractivity contribution in [3.8, 4) is 0 Å². The van der Waals surface area contributed by atoms with Gasteiger partial charge in [-0.2, -0.15) is 11.3 Å². The zero-order chi connectivity index (χ0) is 18.5. The summed E-state index contributed by atoms with van der Waals surface area (Å²) in [6.45, 7) is 2.78. The van der Waals surface area contributed by atoms with E-state index in [1.807, 2.05) is 10.8 Å². The molecule has 1 aliphatic rings. The van der Waals surface area contributed by atoms with Crippen LogP contribution < -0.4 is 10.6 Å². The lowest BCUT2D eigenvalue weighted by Gasteiger charge is -2.32. The summed E-state index contributed by atoms with van der Waals surface area (Å²) in [4.78, 5) is 38.1. The average Bonchev–Trinajstić information content (AvgIpc) is 3.31. The Morgan fingerprint density at radius 1 is 1.23 bits per heavy atom. The van der Waals surface area contributed by atoms with Gasteiger partial charge in [0.25, 0.3) is 11.8 Å². The van der Waals surface area contributed by atoms with Crippen LogP contribution in [0.5, 0.6) is 0 Å². The largest absolute Gasteiger partial charge is 0.469 e. The molecule has 138 valence electrons. The Morgan fingerprint density at radius 3 is 2.62 bits per heavy atom. The first kappa shape index (κ1) is 18.2. The van der Waals surface area contributed by atoms with Gasteiger partial charge in [-0.3, -0.25) is 14.4 Å². The Balaban J connectivity index is 1.41. The maximum Gasteiger partial charge on any atom is 0.255 e. The molecule has 3 heterocycles. The summed E-state index contributed by atoms with van der Waals surface area (Å²) in [7, 11) is 0. The molecule has 0 radical (unpaired) electrons. The maximum atomic E-state index is 12.3. The molecule has 0 bridgehead atoms. The average molecular weight is 375 g/mol. The second kappa shape index (κ2) is 8.18. The van der Waals surface area contributed by atoms with E-state index in [2.05, 4.69) is 10.6 Å². The highest BCUT2D eigenvalue weighted by Gasteiger charge is 2.24. The Bertz CT molecular complexity index is 776. The van der Waals surface area contributed by atoms with Gasteiger partial charge in [-0.05, 0) is 37.3 Å². The number of furan rings is 1. The molecule has 3 amide bonds. The molecular formula is C18H21N3O4S. The van der Waals surface area contributed by atoms with E-state index in [1.54, 1.807) is 24.0 Å². The van der Waals surface area contributed by atoms with E-state index < -0.39 is 0 Å². The molecule has 0 unspecified atom stereocenters. The number of thiophene rings is 1. The van der Waals surface area contributed by atoms with Crippen LogP contribution in [0.1, 0.15) is 39.3 Å². The maximum absolute atomic E-state index is 12.3. The number of nitrogens with zero attached hydrogens (tertiary/aromatic N) is 1. The Kier molecular flexibility index (Phi) is 5.72. The van der Waals surface area contributed by atoms with Crippen molar-refractivity contribution >= 4 is 29.1 Å². The molecule has 1 aliphatic heterocycles. The molecule has 0 aliphatic carbocycles. The molecule has 2 aromatic heterocycles. The quantitative estimate of drug-likeness (QED) is 0.834. The third-order valence-electron chi connectivity index (χ3n) is 4.47. The fraction of sp³-hybridized carbons (Fsp3) is 0.389. The Morgan fingerprint density at radius 2 is 2.00 bits per heavy atom. The first-order valence-corrected chi connectivity index (χ1v) is 9.42. The minimum absolute atomic E-state index is 0.0462. The van der Waals surface area contributed by atoms with Crippen molar-refractivity contribution in [1.29, 1.82) is 0 Å². The van der Waals surface area contributed by atoms with E-state index >= 15 is 0 Å². The third-order valence-corrected chi connectivity index (χ3v) is 5.15. The van der Waals surface area contributed by atoms with Gasteiger partial charge in [-0.15, -0.1) is 0 Å². The van der Waals surface area contributed by atoms with Crippen molar-refractivity contribution < 1.29 is 18.8 Å². The van der Waals surface area contributed by atoms with Crippen molar-refractivity contribution in [2.45, 2.75) is 25.8 Å². The number of hydrogen-bond acceptors (Lipinski definition) is 5. The summed E-state index contributed by atoms with van der Waals surface area (Å²) in [6, 6.07) is 3.44. The fourth-order valence-electron chi connectivity index (χ4n) is 2.92. The van der Waals surface area contributed by atoms with E-state index in [0.29, 0.717) is 42.8 Å². The van der Waals surface area contributed by atoms with Crippen molar-refractivity contribution in [2.75, 3.05) is 19.6 Å². The number of amides is 3. The van der Waals surface area contributed by atoms with Gasteiger partial charge >= 0.3 is 0 Å². The van der Waals surface area contributed by atoms with Gasteiger partial charge in [0.15, 0.2) is 0 Å². The number of carbonyl (C=O) groups is 3. The molecule has 0 aromatic carbocycles. The van der Waals surface area contributed by atoms with Crippen LogP contribution in [0.2, 0.25) is 0 Å². The van der Waals surface area contributed by atoms with Crippen molar-refractivity contribution in [1.82, 2.24) is 15.5 Å². The molecule has 2 N–H and O–H groups in total. The molecule has 3 rings (SSSR count). The lowest BCUT2D eigenvalue weighted by Crippen LogP contribution is -2.49. The van der Waals surface area contributed by atoms with Crippen LogP contribution >= 0.6 is 11.3 Å². The third kappa shape index (κ3) is 4.32. The highest BCUT2D eigenvalue weighted by molar-refractivity contribution is 7.08. The molecule has 0 atom stereocenters. The van der Waals surface area contributed by atoms with Crippen molar-refractivity contribution in [2.24, 2.45) is 0 Å². The minimum Gasteiger partial charge on any atom is -0.469 e. The van der Waals surface area contributed by atoms with Crippen LogP contribution in [0, 0.1) is 6.92 Å². The van der Waals surface area contributed by atoms with Crippen LogP contribution in [-0.4, -0.2) is 48.3 Å². The lowest BCUT2D eigenvalue weighted by atomic mass is 10.0. The number of rotatable bonds is 5. The highest BCUT2D eigenvalue weighted by Crippen LogP contribution is 2.13. The van der Waals surface area contributed by atoms with Crippen molar-refractivity contribution in [3.05, 3.63) is 46.0 Å². The number of piperidine rings is 1. The number of nitrogens with one attached hydrogen (secondary N) is 2. The number of hydrogen-bond donors (Lipinski definition) is 2. The summed E-state index contributed by atoms with van der Waals surface area (Å²) in [6.07, 6.45) is 2.86. The SMILES string of the molecule is Cc1occc1C(=O)NCC(=O)N1CCC(NC(=O)c2ccsc2)CC1. The molecule has 1 fully saturated rings. The smallest absolute Gasteiger partial charge is 0.255 e. The molecule has 0 spiro atoms. The summed E-state index contributed by atoms with van der Waals surface area (Å²) in [5, 5.41) is 9.32. The van der Waals surface area contributed by atoms with Crippen LogP contribution in [0.4, 0.5) is 0 Å². The molecule has 26 heavy (non-hydrogen) atoms. The van der Waals surface area contributed by atoms with Gasteiger partial charge in [0.05, 0.1) is 18.4 Å². The van der Waals surface area contributed by atoms with E-state index in [1.165, 1.54) is 17.6 Å². The second-order valence-corrected chi connectivity index (χ2v) is 6.99. The van der Waals surface area contributed by atoms with E-state index in [0.717, 1.165) is 0 Å². The topological polar surface area (TPSA) is 91.7 Å². The van der Waals surface area contributed by atoms with Crippen LogP contribution in [-0.2, 0) is 4.79 Å². The predicted octanol–water partition coefficient (Wildman–Crippen LogP) is 1.80. The monoisotopic (exact) mass is 375 g/mol. The van der Waals surface area contributed by atoms with Gasteiger partial charge < -0.3 is 20.0 Å². The first-order valence-electron chi connectivity index (χ1n) is 8.47. The number of carbonyl (C=O) groups excluding carboxylic acids is 3. The lowest BCUT2D eigenvalue weighted by molar-refractivity contribution is -0.131. The molecule has 8 heteroatoms. The van der Waals surface area contributed by atoms with Gasteiger partial charge in [0.2, 0.25) is 5.91 Å². The first-order chi connectivity index (χ1) is 12.5. The van der Waals surface area contributed by atoms with Crippen molar-refractivity contribution in [3.63, 3.8) is 0 Å².